The van der Waals surface area contributed by atoms with Gasteiger partial charge in [0.05, 0.1) is 28.6 Å². The number of hydrogen-bond donors (Lipinski definition) is 3. The molecule has 0 bridgehead atoms. The molecule has 0 spiro atoms. The average Bonchev–Trinajstić information content (AvgIpc) is 3.37. The fourth-order valence-corrected chi connectivity index (χ4v) is 5.16. The molecule has 0 unspecified atom stereocenters. The van der Waals surface area contributed by atoms with Crippen LogP contribution in [0, 0.1) is 9.49 Å². The lowest BCUT2D eigenvalue weighted by atomic mass is 9.98. The minimum Gasteiger partial charge on any atom is -0.390 e. The van der Waals surface area contributed by atoms with Crippen molar-refractivity contribution in [2.24, 2.45) is 13.0 Å². The minimum atomic E-state index is -0.850. The van der Waals surface area contributed by atoms with E-state index in [9.17, 15) is 10.2 Å². The molecule has 4 heterocycles. The first kappa shape index (κ1) is 19.7. The molecule has 1 aliphatic rings. The van der Waals surface area contributed by atoms with Gasteiger partial charge in [0.2, 0.25) is 0 Å². The summed E-state index contributed by atoms with van der Waals surface area (Å²) in [7, 11) is 2.05. The summed E-state index contributed by atoms with van der Waals surface area (Å²) >= 11 is 2.27. The molecule has 0 saturated heterocycles. The number of aliphatic hydroxyl groups is 2. The molecular weight excluding hydrogens is 495 g/mol. The Bertz CT molecular complexity index is 1240. The van der Waals surface area contributed by atoms with Crippen LogP contribution in [0.2, 0.25) is 0 Å². The third-order valence-corrected chi connectivity index (χ3v) is 6.99. The highest BCUT2D eigenvalue weighted by molar-refractivity contribution is 14.1. The molecule has 1 aliphatic carbocycles. The number of rotatable bonds is 4. The summed E-state index contributed by atoms with van der Waals surface area (Å²) in [5.74, 6) is 0.412. The van der Waals surface area contributed by atoms with Gasteiger partial charge in [-0.15, -0.1) is 0 Å². The van der Waals surface area contributed by atoms with E-state index in [1.807, 2.05) is 30.1 Å². The number of anilines is 1. The molecule has 4 atom stereocenters. The van der Waals surface area contributed by atoms with Gasteiger partial charge in [-0.1, -0.05) is 0 Å². The second-order valence-corrected chi connectivity index (χ2v) is 9.30. The van der Waals surface area contributed by atoms with Crippen molar-refractivity contribution < 1.29 is 10.2 Å². The Morgan fingerprint density at radius 2 is 2.03 bits per heavy atom. The molecule has 0 amide bonds. The first-order valence-electron chi connectivity index (χ1n) is 9.97. The highest BCUT2D eigenvalue weighted by atomic mass is 127. The zero-order valence-corrected chi connectivity index (χ0v) is 18.6. The maximum absolute atomic E-state index is 10.8. The molecule has 4 aromatic heterocycles. The highest BCUT2D eigenvalue weighted by Gasteiger charge is 2.42. The van der Waals surface area contributed by atoms with E-state index >= 15 is 0 Å². The Kier molecular flexibility index (Phi) is 4.91. The predicted molar refractivity (Wildman–Crippen MR) is 123 cm³/mol. The summed E-state index contributed by atoms with van der Waals surface area (Å²) in [5.41, 5.74) is 9.90. The fraction of sp³-hybridized carbons (Fsp3) is 0.381. The quantitative estimate of drug-likeness (QED) is 0.358. The Morgan fingerprint density at radius 1 is 1.20 bits per heavy atom. The van der Waals surface area contributed by atoms with E-state index in [-0.39, 0.29) is 12.0 Å². The van der Waals surface area contributed by atoms with Gasteiger partial charge in [-0.05, 0) is 66.0 Å². The fourth-order valence-electron chi connectivity index (χ4n) is 4.72. The largest absolute Gasteiger partial charge is 0.390 e. The van der Waals surface area contributed by atoms with Gasteiger partial charge in [0.25, 0.3) is 0 Å². The summed E-state index contributed by atoms with van der Waals surface area (Å²) < 4.78 is 5.19. The molecule has 1 fully saturated rings. The van der Waals surface area contributed by atoms with Gasteiger partial charge >= 0.3 is 0 Å². The van der Waals surface area contributed by atoms with Crippen LogP contribution in [-0.2, 0) is 13.5 Å². The number of halogens is 1. The van der Waals surface area contributed by atoms with Crippen LogP contribution in [0.4, 0.5) is 5.82 Å². The first-order chi connectivity index (χ1) is 14.4. The topological polar surface area (TPSA) is 115 Å². The molecule has 0 aromatic carbocycles. The third-order valence-electron chi connectivity index (χ3n) is 6.40. The minimum absolute atomic E-state index is 0.00672. The van der Waals surface area contributed by atoms with Crippen LogP contribution in [-0.4, -0.2) is 46.5 Å². The zero-order chi connectivity index (χ0) is 21.0. The van der Waals surface area contributed by atoms with Gasteiger partial charge in [-0.2, -0.15) is 0 Å². The van der Waals surface area contributed by atoms with Gasteiger partial charge in [0, 0.05) is 28.7 Å². The summed E-state index contributed by atoms with van der Waals surface area (Å²) in [5, 5.41) is 22.3. The molecule has 9 heteroatoms. The standard InChI is InChI=1S/C21H23IN6O2/c1-27-13(8-15-16(27)7-12(22)9-24-15)3-2-11-6-17(19(30)18(11)29)28-5-4-14-20(23)25-10-26-21(14)28/h4-5,7-11,17-19,29-30H,2-3,6H2,1H3,(H2,23,25,26)/t11-,17+,18+,19-/m0/s1. The average molecular weight is 518 g/mol. The van der Waals surface area contributed by atoms with Crippen molar-refractivity contribution in [1.82, 2.24) is 24.1 Å². The normalized spacial score (nSPS) is 24.3. The molecule has 0 radical (unpaired) electrons. The lowest BCUT2D eigenvalue weighted by Crippen LogP contribution is -2.29. The monoisotopic (exact) mass is 518 g/mol. The number of aryl methyl sites for hydroxylation is 2. The second-order valence-electron chi connectivity index (χ2n) is 8.05. The van der Waals surface area contributed by atoms with Crippen molar-refractivity contribution in [3.05, 3.63) is 46.2 Å². The van der Waals surface area contributed by atoms with E-state index < -0.39 is 12.2 Å². The van der Waals surface area contributed by atoms with Crippen molar-refractivity contribution in [2.75, 3.05) is 5.73 Å². The number of fused-ring (bicyclic) bond motifs is 2. The van der Waals surface area contributed by atoms with E-state index in [1.165, 1.54) is 12.0 Å². The molecule has 8 nitrogen and oxygen atoms in total. The smallest absolute Gasteiger partial charge is 0.145 e. The van der Waals surface area contributed by atoms with Gasteiger partial charge in [0.15, 0.2) is 0 Å². The number of nitrogen functional groups attached to an aromatic ring is 1. The van der Waals surface area contributed by atoms with Gasteiger partial charge in [-0.3, -0.25) is 4.98 Å². The summed E-state index contributed by atoms with van der Waals surface area (Å²) in [6, 6.07) is 5.86. The van der Waals surface area contributed by atoms with Crippen LogP contribution in [0.25, 0.3) is 22.1 Å². The zero-order valence-electron chi connectivity index (χ0n) is 16.5. The van der Waals surface area contributed by atoms with Crippen LogP contribution < -0.4 is 5.73 Å². The van der Waals surface area contributed by atoms with E-state index in [4.69, 9.17) is 5.73 Å². The number of hydrogen-bond acceptors (Lipinski definition) is 6. The molecule has 30 heavy (non-hydrogen) atoms. The van der Waals surface area contributed by atoms with Crippen molar-refractivity contribution >= 4 is 50.5 Å². The van der Waals surface area contributed by atoms with Crippen LogP contribution in [0.5, 0.6) is 0 Å². The molecule has 5 rings (SSSR count). The van der Waals surface area contributed by atoms with E-state index in [1.54, 1.807) is 0 Å². The second kappa shape index (κ2) is 7.47. The van der Waals surface area contributed by atoms with Gasteiger partial charge in [0.1, 0.15) is 23.9 Å². The predicted octanol–water partition coefficient (Wildman–Crippen LogP) is 2.42. The number of aliphatic hydroxyl groups excluding tert-OH is 2. The van der Waals surface area contributed by atoms with Crippen molar-refractivity contribution in [1.29, 1.82) is 0 Å². The molecule has 156 valence electrons. The van der Waals surface area contributed by atoms with E-state index in [0.717, 1.165) is 32.8 Å². The van der Waals surface area contributed by atoms with Crippen LogP contribution in [0.1, 0.15) is 24.6 Å². The van der Waals surface area contributed by atoms with Crippen LogP contribution >= 0.6 is 22.6 Å². The molecule has 4 aromatic rings. The number of aromatic nitrogens is 5. The van der Waals surface area contributed by atoms with E-state index in [2.05, 4.69) is 54.2 Å². The third kappa shape index (κ3) is 3.15. The maximum atomic E-state index is 10.8. The van der Waals surface area contributed by atoms with Crippen molar-refractivity contribution in [3.8, 4) is 0 Å². The number of nitrogens with zero attached hydrogens (tertiary/aromatic N) is 5. The molecular formula is C21H23IN6O2. The van der Waals surface area contributed by atoms with Gasteiger partial charge in [-0.25, -0.2) is 9.97 Å². The van der Waals surface area contributed by atoms with Gasteiger partial charge < -0.3 is 25.1 Å². The summed E-state index contributed by atoms with van der Waals surface area (Å²) in [6.45, 7) is 0. The maximum Gasteiger partial charge on any atom is 0.145 e. The van der Waals surface area contributed by atoms with Crippen LogP contribution in [0.3, 0.4) is 0 Å². The Hall–Kier alpha value is -2.24. The van der Waals surface area contributed by atoms with Crippen LogP contribution in [0.15, 0.2) is 36.9 Å². The Labute approximate surface area is 186 Å². The lowest BCUT2D eigenvalue weighted by molar-refractivity contribution is 0.00540. The van der Waals surface area contributed by atoms with E-state index in [0.29, 0.717) is 17.9 Å². The highest BCUT2D eigenvalue weighted by Crippen LogP contribution is 2.39. The Morgan fingerprint density at radius 3 is 2.87 bits per heavy atom. The molecule has 1 saturated carbocycles. The summed E-state index contributed by atoms with van der Waals surface area (Å²) in [6.07, 6.45) is 5.81. The summed E-state index contributed by atoms with van der Waals surface area (Å²) in [4.78, 5) is 12.9. The SMILES string of the molecule is Cn1c(CC[C@H]2C[C@@H](n3ccc4c(N)ncnc43)[C@H](O)[C@@H]2O)cc2ncc(I)cc21. The van der Waals surface area contributed by atoms with Crippen molar-refractivity contribution in [2.45, 2.75) is 37.5 Å². The molecule has 4 N–H and O–H groups in total. The first-order valence-corrected chi connectivity index (χ1v) is 11.0. The lowest BCUT2D eigenvalue weighted by Gasteiger charge is -2.19. The van der Waals surface area contributed by atoms with Crippen molar-refractivity contribution in [3.63, 3.8) is 0 Å². The number of nitrogens with two attached hydrogens (primary N) is 1. The number of pyridine rings is 1. The molecule has 0 aliphatic heterocycles. The Balaban J connectivity index is 1.36.